The Hall–Kier alpha value is -0.120. The van der Waals surface area contributed by atoms with E-state index in [-0.39, 0.29) is 0 Å². The van der Waals surface area contributed by atoms with Gasteiger partial charge in [0, 0.05) is 55.9 Å². The van der Waals surface area contributed by atoms with Gasteiger partial charge >= 0.3 is 0 Å². The van der Waals surface area contributed by atoms with Gasteiger partial charge in [-0.25, -0.2) is 0 Å². The molecule has 0 radical (unpaired) electrons. The van der Waals surface area contributed by atoms with Crippen molar-refractivity contribution < 1.29 is 0 Å². The van der Waals surface area contributed by atoms with E-state index < -0.39 is 0 Å². The number of piperazine rings is 1. The van der Waals surface area contributed by atoms with Crippen LogP contribution in [0.2, 0.25) is 0 Å². The van der Waals surface area contributed by atoms with Crippen LogP contribution in [0.15, 0.2) is 0 Å². The summed E-state index contributed by atoms with van der Waals surface area (Å²) < 4.78 is 0. The molecule has 2 rings (SSSR count). The summed E-state index contributed by atoms with van der Waals surface area (Å²) in [7, 11) is 0. The maximum absolute atomic E-state index is 2.74. The highest BCUT2D eigenvalue weighted by atomic mass is 15.3. The van der Waals surface area contributed by atoms with E-state index in [4.69, 9.17) is 0 Å². The largest absolute Gasteiger partial charge is 0.298 e. The van der Waals surface area contributed by atoms with Crippen molar-refractivity contribution in [2.24, 2.45) is 11.8 Å². The van der Waals surface area contributed by atoms with Gasteiger partial charge in [0.1, 0.15) is 0 Å². The first kappa shape index (κ1) is 21.2. The van der Waals surface area contributed by atoms with Crippen molar-refractivity contribution in [1.29, 1.82) is 0 Å². The Morgan fingerprint density at radius 3 is 1.60 bits per heavy atom. The van der Waals surface area contributed by atoms with Crippen LogP contribution in [-0.4, -0.2) is 70.6 Å². The van der Waals surface area contributed by atoms with Crippen LogP contribution in [0.25, 0.3) is 0 Å². The van der Waals surface area contributed by atoms with Crippen molar-refractivity contribution in [3.05, 3.63) is 0 Å². The SMILES string of the molecule is CC(CCC(C)(C)N1CCN(C(C)(C)C)CC1)C1CN(C(C)(C)C)C1. The van der Waals surface area contributed by atoms with Crippen molar-refractivity contribution in [2.45, 2.75) is 91.8 Å². The molecule has 3 heteroatoms. The molecule has 148 valence electrons. The van der Waals surface area contributed by atoms with E-state index in [0.717, 1.165) is 11.8 Å². The van der Waals surface area contributed by atoms with Gasteiger partial charge in [-0.1, -0.05) is 6.92 Å². The molecule has 0 aromatic heterocycles. The predicted molar refractivity (Wildman–Crippen MR) is 110 cm³/mol. The average molecular weight is 352 g/mol. The lowest BCUT2D eigenvalue weighted by Gasteiger charge is -2.51. The van der Waals surface area contributed by atoms with Gasteiger partial charge in [-0.15, -0.1) is 0 Å². The fourth-order valence-electron chi connectivity index (χ4n) is 4.38. The zero-order chi connectivity index (χ0) is 19.0. The molecule has 2 fully saturated rings. The number of rotatable bonds is 5. The van der Waals surface area contributed by atoms with Crippen molar-refractivity contribution in [3.8, 4) is 0 Å². The van der Waals surface area contributed by atoms with E-state index in [2.05, 4.69) is 77.0 Å². The lowest BCUT2D eigenvalue weighted by atomic mass is 9.79. The molecule has 0 aromatic rings. The van der Waals surface area contributed by atoms with Crippen LogP contribution in [0.4, 0.5) is 0 Å². The monoisotopic (exact) mass is 351 g/mol. The Labute approximate surface area is 158 Å². The van der Waals surface area contributed by atoms with Crippen LogP contribution < -0.4 is 0 Å². The molecule has 0 aromatic carbocycles. The van der Waals surface area contributed by atoms with E-state index in [1.54, 1.807) is 0 Å². The summed E-state index contributed by atoms with van der Waals surface area (Å²) in [5.74, 6) is 1.77. The van der Waals surface area contributed by atoms with E-state index in [1.807, 2.05) is 0 Å². The molecule has 2 saturated heterocycles. The van der Waals surface area contributed by atoms with Gasteiger partial charge in [0.25, 0.3) is 0 Å². The summed E-state index contributed by atoms with van der Waals surface area (Å²) in [6, 6.07) is 0. The number of hydrogen-bond donors (Lipinski definition) is 0. The molecule has 0 N–H and O–H groups in total. The van der Waals surface area contributed by atoms with Gasteiger partial charge in [-0.3, -0.25) is 14.7 Å². The molecule has 0 amide bonds. The van der Waals surface area contributed by atoms with Crippen molar-refractivity contribution in [2.75, 3.05) is 39.3 Å². The Bertz CT molecular complexity index is 416. The van der Waals surface area contributed by atoms with Gasteiger partial charge in [0.05, 0.1) is 0 Å². The highest BCUT2D eigenvalue weighted by molar-refractivity contribution is 4.93. The van der Waals surface area contributed by atoms with E-state index in [0.29, 0.717) is 16.6 Å². The first-order valence-corrected chi connectivity index (χ1v) is 10.6. The summed E-state index contributed by atoms with van der Waals surface area (Å²) >= 11 is 0. The maximum Gasteiger partial charge on any atom is 0.0154 e. The zero-order valence-corrected chi connectivity index (χ0v) is 18.7. The Morgan fingerprint density at radius 1 is 0.720 bits per heavy atom. The summed E-state index contributed by atoms with van der Waals surface area (Å²) in [6.07, 6.45) is 2.70. The van der Waals surface area contributed by atoms with Crippen LogP contribution >= 0.6 is 0 Å². The number of nitrogens with zero attached hydrogens (tertiary/aromatic N) is 3. The lowest BCUT2D eigenvalue weighted by Crippen LogP contribution is -2.59. The second-order valence-corrected chi connectivity index (χ2v) is 11.3. The molecule has 3 nitrogen and oxygen atoms in total. The fourth-order valence-corrected chi connectivity index (χ4v) is 4.38. The van der Waals surface area contributed by atoms with Gasteiger partial charge in [0.15, 0.2) is 0 Å². The summed E-state index contributed by atoms with van der Waals surface area (Å²) in [5.41, 5.74) is 1.00. The molecule has 0 aliphatic carbocycles. The van der Waals surface area contributed by atoms with Crippen molar-refractivity contribution in [1.82, 2.24) is 14.7 Å². The molecular formula is C22H45N3. The van der Waals surface area contributed by atoms with Crippen LogP contribution in [-0.2, 0) is 0 Å². The number of hydrogen-bond acceptors (Lipinski definition) is 3. The Balaban J connectivity index is 1.75. The molecule has 0 spiro atoms. The van der Waals surface area contributed by atoms with Crippen molar-refractivity contribution >= 4 is 0 Å². The predicted octanol–water partition coefficient (Wildman–Crippen LogP) is 4.33. The maximum atomic E-state index is 2.74. The normalized spacial score (nSPS) is 24.4. The van der Waals surface area contributed by atoms with Gasteiger partial charge < -0.3 is 0 Å². The second kappa shape index (κ2) is 7.48. The lowest BCUT2D eigenvalue weighted by molar-refractivity contribution is -0.0195. The standard InChI is InChI=1S/C22H45N3/c1-18(19-16-25(17-19)21(5,6)7)10-11-22(8,9)24-14-12-23(13-15-24)20(2,3)4/h18-19H,10-17H2,1-9H3. The highest BCUT2D eigenvalue weighted by Crippen LogP contribution is 2.34. The Morgan fingerprint density at radius 2 is 1.16 bits per heavy atom. The van der Waals surface area contributed by atoms with E-state index >= 15 is 0 Å². The molecule has 2 heterocycles. The topological polar surface area (TPSA) is 9.72 Å². The molecule has 2 aliphatic rings. The number of likely N-dealkylation sites (tertiary alicyclic amines) is 1. The third-order valence-corrected chi connectivity index (χ3v) is 6.96. The molecule has 2 aliphatic heterocycles. The average Bonchev–Trinajstić information content (AvgIpc) is 2.41. The van der Waals surface area contributed by atoms with Crippen LogP contribution in [0, 0.1) is 11.8 Å². The fraction of sp³-hybridized carbons (Fsp3) is 1.00. The minimum Gasteiger partial charge on any atom is -0.298 e. The summed E-state index contributed by atoms with van der Waals surface area (Å²) in [5, 5.41) is 0. The minimum atomic E-state index is 0.313. The molecule has 0 saturated carbocycles. The highest BCUT2D eigenvalue weighted by Gasteiger charge is 2.38. The second-order valence-electron chi connectivity index (χ2n) is 11.3. The van der Waals surface area contributed by atoms with Crippen LogP contribution in [0.5, 0.6) is 0 Å². The smallest absolute Gasteiger partial charge is 0.0154 e. The molecule has 1 atom stereocenters. The van der Waals surface area contributed by atoms with E-state index in [9.17, 15) is 0 Å². The third kappa shape index (κ3) is 5.43. The minimum absolute atomic E-state index is 0.313. The van der Waals surface area contributed by atoms with Gasteiger partial charge in [-0.05, 0) is 80.1 Å². The zero-order valence-electron chi connectivity index (χ0n) is 18.7. The van der Waals surface area contributed by atoms with Gasteiger partial charge in [-0.2, -0.15) is 0 Å². The summed E-state index contributed by atoms with van der Waals surface area (Å²) in [6.45, 7) is 28.9. The molecule has 25 heavy (non-hydrogen) atoms. The van der Waals surface area contributed by atoms with Crippen LogP contribution in [0.3, 0.4) is 0 Å². The third-order valence-electron chi connectivity index (χ3n) is 6.96. The Kier molecular flexibility index (Phi) is 6.34. The van der Waals surface area contributed by atoms with Gasteiger partial charge in [0.2, 0.25) is 0 Å². The summed E-state index contributed by atoms with van der Waals surface area (Å²) in [4.78, 5) is 8.01. The van der Waals surface area contributed by atoms with Crippen molar-refractivity contribution in [3.63, 3.8) is 0 Å². The van der Waals surface area contributed by atoms with E-state index in [1.165, 1.54) is 52.1 Å². The molecule has 1 unspecified atom stereocenters. The molecular weight excluding hydrogens is 306 g/mol. The molecule has 0 bridgehead atoms. The first-order chi connectivity index (χ1) is 11.3. The first-order valence-electron chi connectivity index (χ1n) is 10.6. The quantitative estimate of drug-likeness (QED) is 0.730. The van der Waals surface area contributed by atoms with Crippen LogP contribution in [0.1, 0.15) is 75.2 Å².